The Labute approximate surface area is 128 Å². The standard InChI is InChI=1S/C16H16N4S/c1-12-7-5-6-8-13(12)11-21-16-18-15(19-20-16)17-14-9-3-2-4-10-14/h2-10H,11H2,1H3,(H2,17,18,19,20). The summed E-state index contributed by atoms with van der Waals surface area (Å²) in [5, 5.41) is 11.1. The second kappa shape index (κ2) is 6.45. The molecule has 0 aliphatic carbocycles. The van der Waals surface area contributed by atoms with Crippen molar-refractivity contribution in [3.05, 3.63) is 65.7 Å². The van der Waals surface area contributed by atoms with Gasteiger partial charge in [-0.1, -0.05) is 54.2 Å². The van der Waals surface area contributed by atoms with Gasteiger partial charge in [0.05, 0.1) is 0 Å². The Hall–Kier alpha value is -2.27. The van der Waals surface area contributed by atoms with E-state index < -0.39 is 0 Å². The van der Waals surface area contributed by atoms with Crippen LogP contribution in [0.15, 0.2) is 59.8 Å². The van der Waals surface area contributed by atoms with E-state index >= 15 is 0 Å². The Morgan fingerprint density at radius 3 is 2.62 bits per heavy atom. The van der Waals surface area contributed by atoms with E-state index in [1.54, 1.807) is 11.8 Å². The van der Waals surface area contributed by atoms with Gasteiger partial charge in [-0.2, -0.15) is 4.98 Å². The molecule has 0 saturated heterocycles. The van der Waals surface area contributed by atoms with E-state index in [1.807, 2.05) is 30.3 Å². The van der Waals surface area contributed by atoms with Gasteiger partial charge >= 0.3 is 0 Å². The second-order valence-electron chi connectivity index (χ2n) is 4.67. The summed E-state index contributed by atoms with van der Waals surface area (Å²) in [6.45, 7) is 2.12. The number of para-hydroxylation sites is 1. The van der Waals surface area contributed by atoms with E-state index in [4.69, 9.17) is 0 Å². The maximum absolute atomic E-state index is 4.44. The molecule has 0 spiro atoms. The molecule has 1 heterocycles. The van der Waals surface area contributed by atoms with Gasteiger partial charge < -0.3 is 5.32 Å². The van der Waals surface area contributed by atoms with E-state index in [0.29, 0.717) is 5.95 Å². The molecular formula is C16H16N4S. The summed E-state index contributed by atoms with van der Waals surface area (Å²) in [6.07, 6.45) is 0. The molecule has 0 saturated carbocycles. The maximum atomic E-state index is 4.44. The number of H-pyrrole nitrogens is 1. The number of thioether (sulfide) groups is 1. The Morgan fingerprint density at radius 2 is 1.81 bits per heavy atom. The van der Waals surface area contributed by atoms with Crippen LogP contribution in [-0.2, 0) is 5.75 Å². The van der Waals surface area contributed by atoms with Gasteiger partial charge in [0.25, 0.3) is 0 Å². The Kier molecular flexibility index (Phi) is 4.21. The third-order valence-electron chi connectivity index (χ3n) is 3.12. The molecule has 0 aliphatic heterocycles. The summed E-state index contributed by atoms with van der Waals surface area (Å²) in [4.78, 5) is 4.44. The van der Waals surface area contributed by atoms with Crippen LogP contribution in [0.1, 0.15) is 11.1 Å². The van der Waals surface area contributed by atoms with Gasteiger partial charge in [-0.3, -0.25) is 0 Å². The van der Waals surface area contributed by atoms with Gasteiger partial charge in [0.15, 0.2) is 0 Å². The van der Waals surface area contributed by atoms with Crippen molar-refractivity contribution in [3.8, 4) is 0 Å². The summed E-state index contributed by atoms with van der Waals surface area (Å²) < 4.78 is 0. The van der Waals surface area contributed by atoms with Crippen molar-refractivity contribution in [1.82, 2.24) is 15.2 Å². The first-order valence-corrected chi connectivity index (χ1v) is 7.71. The molecule has 0 unspecified atom stereocenters. The van der Waals surface area contributed by atoms with Crippen LogP contribution in [0.25, 0.3) is 0 Å². The van der Waals surface area contributed by atoms with Crippen LogP contribution >= 0.6 is 11.8 Å². The number of hydrogen-bond donors (Lipinski definition) is 2. The molecule has 5 heteroatoms. The minimum absolute atomic E-state index is 0.661. The Bertz CT molecular complexity index is 709. The highest BCUT2D eigenvalue weighted by atomic mass is 32.2. The van der Waals surface area contributed by atoms with E-state index in [2.05, 4.69) is 51.7 Å². The van der Waals surface area contributed by atoms with Gasteiger partial charge in [0, 0.05) is 11.4 Å². The van der Waals surface area contributed by atoms with Crippen molar-refractivity contribution in [2.45, 2.75) is 17.8 Å². The van der Waals surface area contributed by atoms with E-state index in [0.717, 1.165) is 16.6 Å². The first kappa shape index (κ1) is 13.7. The number of rotatable bonds is 5. The minimum atomic E-state index is 0.661. The quantitative estimate of drug-likeness (QED) is 0.694. The van der Waals surface area contributed by atoms with Gasteiger partial charge in [-0.25, -0.2) is 5.10 Å². The monoisotopic (exact) mass is 296 g/mol. The molecule has 4 nitrogen and oxygen atoms in total. The largest absolute Gasteiger partial charge is 0.325 e. The van der Waals surface area contributed by atoms with Gasteiger partial charge in [0.1, 0.15) is 0 Å². The molecule has 106 valence electrons. The number of benzene rings is 2. The molecule has 1 aromatic heterocycles. The first-order valence-electron chi connectivity index (χ1n) is 6.73. The molecule has 2 N–H and O–H groups in total. The molecule has 0 bridgehead atoms. The van der Waals surface area contributed by atoms with Crippen molar-refractivity contribution in [2.75, 3.05) is 5.32 Å². The second-order valence-corrected chi connectivity index (χ2v) is 5.62. The normalized spacial score (nSPS) is 10.5. The molecule has 21 heavy (non-hydrogen) atoms. The molecule has 2 aromatic carbocycles. The smallest absolute Gasteiger partial charge is 0.223 e. The number of aryl methyl sites for hydroxylation is 1. The molecule has 0 amide bonds. The average molecular weight is 296 g/mol. The van der Waals surface area contributed by atoms with Crippen molar-refractivity contribution >= 4 is 23.4 Å². The van der Waals surface area contributed by atoms with E-state index in [9.17, 15) is 0 Å². The van der Waals surface area contributed by atoms with Crippen LogP contribution in [-0.4, -0.2) is 15.2 Å². The number of aromatic nitrogens is 3. The zero-order valence-corrected chi connectivity index (χ0v) is 12.5. The summed E-state index contributed by atoms with van der Waals surface area (Å²) >= 11 is 1.63. The van der Waals surface area contributed by atoms with Gasteiger partial charge in [-0.05, 0) is 30.2 Å². The highest BCUT2D eigenvalue weighted by molar-refractivity contribution is 7.98. The van der Waals surface area contributed by atoms with Gasteiger partial charge in [0.2, 0.25) is 11.1 Å². The zero-order chi connectivity index (χ0) is 14.5. The van der Waals surface area contributed by atoms with Crippen LogP contribution in [0.2, 0.25) is 0 Å². The highest BCUT2D eigenvalue weighted by Crippen LogP contribution is 2.22. The molecule has 0 aliphatic rings. The number of nitrogens with one attached hydrogen (secondary N) is 2. The molecule has 0 fully saturated rings. The lowest BCUT2D eigenvalue weighted by molar-refractivity contribution is 0.973. The fraction of sp³-hybridized carbons (Fsp3) is 0.125. The van der Waals surface area contributed by atoms with Crippen molar-refractivity contribution in [1.29, 1.82) is 0 Å². The number of nitrogens with zero attached hydrogens (tertiary/aromatic N) is 2. The number of aromatic amines is 1. The van der Waals surface area contributed by atoms with Crippen molar-refractivity contribution in [3.63, 3.8) is 0 Å². The summed E-state index contributed by atoms with van der Waals surface area (Å²) in [6, 6.07) is 18.3. The maximum Gasteiger partial charge on any atom is 0.223 e. The number of anilines is 2. The summed E-state index contributed by atoms with van der Waals surface area (Å²) in [5.74, 6) is 1.53. The molecule has 0 atom stereocenters. The first-order chi connectivity index (χ1) is 10.3. The Morgan fingerprint density at radius 1 is 1.05 bits per heavy atom. The molecular weight excluding hydrogens is 280 g/mol. The predicted molar refractivity (Wildman–Crippen MR) is 86.8 cm³/mol. The van der Waals surface area contributed by atoms with Crippen LogP contribution < -0.4 is 5.32 Å². The van der Waals surface area contributed by atoms with Crippen molar-refractivity contribution < 1.29 is 0 Å². The lowest BCUT2D eigenvalue weighted by Crippen LogP contribution is -1.91. The topological polar surface area (TPSA) is 53.6 Å². The lowest BCUT2D eigenvalue weighted by atomic mass is 10.1. The summed E-state index contributed by atoms with van der Waals surface area (Å²) in [5.41, 5.74) is 3.59. The molecule has 0 radical (unpaired) electrons. The fourth-order valence-corrected chi connectivity index (χ4v) is 2.81. The average Bonchev–Trinajstić information content (AvgIpc) is 2.95. The minimum Gasteiger partial charge on any atom is -0.325 e. The Balaban J connectivity index is 1.62. The summed E-state index contributed by atoms with van der Waals surface area (Å²) in [7, 11) is 0. The van der Waals surface area contributed by atoms with Crippen molar-refractivity contribution in [2.24, 2.45) is 0 Å². The van der Waals surface area contributed by atoms with E-state index in [-0.39, 0.29) is 0 Å². The molecule has 3 rings (SSSR count). The van der Waals surface area contributed by atoms with Crippen LogP contribution in [0, 0.1) is 6.92 Å². The number of hydrogen-bond acceptors (Lipinski definition) is 4. The van der Waals surface area contributed by atoms with Gasteiger partial charge in [-0.15, -0.1) is 5.10 Å². The third-order valence-corrected chi connectivity index (χ3v) is 4.02. The third kappa shape index (κ3) is 3.64. The highest BCUT2D eigenvalue weighted by Gasteiger charge is 2.05. The zero-order valence-electron chi connectivity index (χ0n) is 11.7. The lowest BCUT2D eigenvalue weighted by Gasteiger charge is -2.02. The van der Waals surface area contributed by atoms with Crippen LogP contribution in [0.3, 0.4) is 0 Å². The van der Waals surface area contributed by atoms with E-state index in [1.165, 1.54) is 11.1 Å². The fourth-order valence-electron chi connectivity index (χ4n) is 1.94. The predicted octanol–water partition coefficient (Wildman–Crippen LogP) is 4.15. The van der Waals surface area contributed by atoms with Crippen LogP contribution in [0.4, 0.5) is 11.6 Å². The molecule has 3 aromatic rings. The SMILES string of the molecule is Cc1ccccc1CSc1n[nH]c(Nc2ccccc2)n1. The van der Waals surface area contributed by atoms with Crippen LogP contribution in [0.5, 0.6) is 0 Å².